The zero-order valence-electron chi connectivity index (χ0n) is 10.1. The molecule has 0 aromatic heterocycles. The number of benzene rings is 1. The summed E-state index contributed by atoms with van der Waals surface area (Å²) in [5, 5.41) is 2.69. The third kappa shape index (κ3) is 4.86. The molecule has 0 saturated heterocycles. The number of alkyl halides is 3. The number of hydrogen-bond donors (Lipinski definition) is 1. The molecule has 2 nitrogen and oxygen atoms in total. The molecule has 1 rings (SSSR count). The molecule has 0 bridgehead atoms. The third-order valence-electron chi connectivity index (χ3n) is 2.58. The first kappa shape index (κ1) is 15.3. The van der Waals surface area contributed by atoms with Crippen LogP contribution in [-0.2, 0) is 6.42 Å². The number of nitrogens with one attached hydrogen (secondary N) is 1. The van der Waals surface area contributed by atoms with E-state index in [0.717, 1.165) is 10.0 Å². The summed E-state index contributed by atoms with van der Waals surface area (Å²) in [5.74, 6) is 0.663. The molecule has 0 aliphatic rings. The first-order chi connectivity index (χ1) is 8.35. The maximum atomic E-state index is 12.3. The van der Waals surface area contributed by atoms with Crippen molar-refractivity contribution in [2.24, 2.45) is 0 Å². The van der Waals surface area contributed by atoms with Crippen molar-refractivity contribution in [2.45, 2.75) is 25.1 Å². The Morgan fingerprint density at radius 3 is 2.50 bits per heavy atom. The summed E-state index contributed by atoms with van der Waals surface area (Å²) in [6.07, 6.45) is -4.68. The minimum Gasteiger partial charge on any atom is -0.496 e. The van der Waals surface area contributed by atoms with Gasteiger partial charge in [0.05, 0.1) is 18.0 Å². The van der Waals surface area contributed by atoms with Crippen LogP contribution in [0.2, 0.25) is 0 Å². The average Bonchev–Trinajstić information content (AvgIpc) is 2.26. The van der Waals surface area contributed by atoms with Gasteiger partial charge in [-0.1, -0.05) is 6.07 Å². The van der Waals surface area contributed by atoms with E-state index in [2.05, 4.69) is 21.2 Å². The Bertz CT molecular complexity index is 395. The topological polar surface area (TPSA) is 21.3 Å². The minimum atomic E-state index is -4.16. The highest BCUT2D eigenvalue weighted by atomic mass is 79.9. The van der Waals surface area contributed by atoms with Crippen LogP contribution in [0.3, 0.4) is 0 Å². The highest BCUT2D eigenvalue weighted by molar-refractivity contribution is 9.10. The summed E-state index contributed by atoms with van der Waals surface area (Å²) < 4.78 is 42.8. The van der Waals surface area contributed by atoms with Gasteiger partial charge >= 0.3 is 6.18 Å². The molecule has 18 heavy (non-hydrogen) atoms. The van der Waals surface area contributed by atoms with E-state index in [1.165, 1.54) is 7.05 Å². The zero-order chi connectivity index (χ0) is 13.8. The summed E-state index contributed by atoms with van der Waals surface area (Å²) >= 11 is 3.31. The number of methoxy groups -OCH3 is 1. The van der Waals surface area contributed by atoms with Gasteiger partial charge in [-0.3, -0.25) is 0 Å². The van der Waals surface area contributed by atoms with Gasteiger partial charge in [0, 0.05) is 6.04 Å². The van der Waals surface area contributed by atoms with Crippen molar-refractivity contribution in [2.75, 3.05) is 14.2 Å². The predicted molar refractivity (Wildman–Crippen MR) is 67.9 cm³/mol. The molecular weight excluding hydrogens is 311 g/mol. The van der Waals surface area contributed by atoms with Gasteiger partial charge in [0.2, 0.25) is 0 Å². The van der Waals surface area contributed by atoms with Crippen molar-refractivity contribution < 1.29 is 17.9 Å². The Balaban J connectivity index is 2.73. The Labute approximate surface area is 113 Å². The fourth-order valence-electron chi connectivity index (χ4n) is 1.68. The largest absolute Gasteiger partial charge is 0.496 e. The summed E-state index contributed by atoms with van der Waals surface area (Å²) in [5.41, 5.74) is 0.825. The Kier molecular flexibility index (Phi) is 5.47. The molecule has 1 N–H and O–H groups in total. The number of halogens is 4. The van der Waals surface area contributed by atoms with Crippen LogP contribution >= 0.6 is 15.9 Å². The third-order valence-corrected chi connectivity index (χ3v) is 3.20. The van der Waals surface area contributed by atoms with Gasteiger partial charge in [-0.25, -0.2) is 0 Å². The lowest BCUT2D eigenvalue weighted by Gasteiger charge is -2.18. The Hall–Kier alpha value is -0.750. The molecular formula is C12H15BrF3NO. The van der Waals surface area contributed by atoms with E-state index in [0.29, 0.717) is 12.2 Å². The molecule has 0 heterocycles. The van der Waals surface area contributed by atoms with Crippen LogP contribution in [0.4, 0.5) is 13.2 Å². The van der Waals surface area contributed by atoms with E-state index >= 15 is 0 Å². The number of likely N-dealkylation sites (N-methyl/N-ethyl adjacent to an activating group) is 1. The lowest BCUT2D eigenvalue weighted by Crippen LogP contribution is -2.32. The second-order valence-electron chi connectivity index (χ2n) is 3.98. The lowest BCUT2D eigenvalue weighted by atomic mass is 10.0. The van der Waals surface area contributed by atoms with Gasteiger partial charge in [-0.2, -0.15) is 13.2 Å². The van der Waals surface area contributed by atoms with Gasteiger partial charge < -0.3 is 10.1 Å². The van der Waals surface area contributed by atoms with E-state index in [-0.39, 0.29) is 0 Å². The van der Waals surface area contributed by atoms with Gasteiger partial charge in [0.25, 0.3) is 0 Å². The standard InChI is InChI=1S/C12H15BrF3NO/c1-17-9(7-12(14,15)16)5-8-3-4-11(18-2)10(13)6-8/h3-4,6,9,17H,5,7H2,1-2H3. The van der Waals surface area contributed by atoms with Crippen molar-refractivity contribution >= 4 is 15.9 Å². The van der Waals surface area contributed by atoms with Crippen molar-refractivity contribution in [3.8, 4) is 5.75 Å². The molecule has 0 amide bonds. The van der Waals surface area contributed by atoms with Crippen LogP contribution in [-0.4, -0.2) is 26.4 Å². The molecule has 1 atom stereocenters. The fraction of sp³-hybridized carbons (Fsp3) is 0.500. The normalized spacial score (nSPS) is 13.4. The summed E-state index contributed by atoms with van der Waals surface area (Å²) in [7, 11) is 3.08. The van der Waals surface area contributed by atoms with Gasteiger partial charge in [-0.05, 0) is 47.1 Å². The molecule has 6 heteroatoms. The minimum absolute atomic E-state index is 0.318. The molecule has 0 aliphatic carbocycles. The predicted octanol–water partition coefficient (Wildman–Crippen LogP) is 3.54. The average molecular weight is 326 g/mol. The van der Waals surface area contributed by atoms with Crippen molar-refractivity contribution in [1.29, 1.82) is 0 Å². The zero-order valence-corrected chi connectivity index (χ0v) is 11.7. The van der Waals surface area contributed by atoms with Crippen LogP contribution in [0.25, 0.3) is 0 Å². The maximum absolute atomic E-state index is 12.3. The van der Waals surface area contributed by atoms with Crippen LogP contribution < -0.4 is 10.1 Å². The van der Waals surface area contributed by atoms with Gasteiger partial charge in [0.1, 0.15) is 5.75 Å². The number of ether oxygens (including phenoxy) is 1. The van der Waals surface area contributed by atoms with Crippen LogP contribution in [0.5, 0.6) is 5.75 Å². The molecule has 0 spiro atoms. The number of hydrogen-bond acceptors (Lipinski definition) is 2. The first-order valence-corrected chi connectivity index (χ1v) is 6.21. The van der Waals surface area contributed by atoms with Crippen LogP contribution in [0, 0.1) is 0 Å². The second kappa shape index (κ2) is 6.43. The maximum Gasteiger partial charge on any atom is 0.390 e. The Morgan fingerprint density at radius 1 is 1.39 bits per heavy atom. The highest BCUT2D eigenvalue weighted by Gasteiger charge is 2.31. The quantitative estimate of drug-likeness (QED) is 0.894. The molecule has 0 saturated carbocycles. The monoisotopic (exact) mass is 325 g/mol. The molecule has 0 fully saturated rings. The SMILES string of the molecule is CNC(Cc1ccc(OC)c(Br)c1)CC(F)(F)F. The van der Waals surface area contributed by atoms with E-state index < -0.39 is 18.6 Å². The summed E-state index contributed by atoms with van der Waals surface area (Å²) in [6, 6.07) is 4.66. The van der Waals surface area contributed by atoms with E-state index in [9.17, 15) is 13.2 Å². The first-order valence-electron chi connectivity index (χ1n) is 5.42. The van der Waals surface area contributed by atoms with Crippen molar-refractivity contribution in [3.63, 3.8) is 0 Å². The van der Waals surface area contributed by atoms with Crippen LogP contribution in [0.15, 0.2) is 22.7 Å². The number of rotatable bonds is 5. The summed E-state index contributed by atoms with van der Waals surface area (Å²) in [6.45, 7) is 0. The highest BCUT2D eigenvalue weighted by Crippen LogP contribution is 2.27. The fourth-order valence-corrected chi connectivity index (χ4v) is 2.27. The lowest BCUT2D eigenvalue weighted by molar-refractivity contribution is -0.139. The molecule has 1 unspecified atom stereocenters. The second-order valence-corrected chi connectivity index (χ2v) is 4.83. The van der Waals surface area contributed by atoms with Crippen molar-refractivity contribution in [3.05, 3.63) is 28.2 Å². The van der Waals surface area contributed by atoms with E-state index in [1.54, 1.807) is 25.3 Å². The van der Waals surface area contributed by atoms with E-state index in [4.69, 9.17) is 4.74 Å². The summed E-state index contributed by atoms with van der Waals surface area (Å²) in [4.78, 5) is 0. The Morgan fingerprint density at radius 2 is 2.06 bits per heavy atom. The van der Waals surface area contributed by atoms with E-state index in [1.807, 2.05) is 0 Å². The molecule has 0 aliphatic heterocycles. The molecule has 0 radical (unpaired) electrons. The van der Waals surface area contributed by atoms with Gasteiger partial charge in [0.15, 0.2) is 0 Å². The van der Waals surface area contributed by atoms with Gasteiger partial charge in [-0.15, -0.1) is 0 Å². The van der Waals surface area contributed by atoms with Crippen molar-refractivity contribution in [1.82, 2.24) is 5.32 Å². The van der Waals surface area contributed by atoms with Crippen LogP contribution in [0.1, 0.15) is 12.0 Å². The molecule has 1 aromatic rings. The molecule has 102 valence electrons. The molecule has 1 aromatic carbocycles. The smallest absolute Gasteiger partial charge is 0.390 e.